The lowest BCUT2D eigenvalue weighted by atomic mass is 9.84. The maximum absolute atomic E-state index is 12.1. The number of aliphatic hydroxyl groups is 2. The fourth-order valence-corrected chi connectivity index (χ4v) is 3.57. The number of phosphoric ester groups is 1. The van der Waals surface area contributed by atoms with Crippen LogP contribution in [0.3, 0.4) is 0 Å². The number of hydrogen-bond acceptors (Lipinski definition) is 7. The number of aliphatic hydroxyl groups excluding tert-OH is 2. The molecule has 1 fully saturated rings. The molecule has 0 radical (unpaired) electrons. The second kappa shape index (κ2) is 7.73. The molecule has 5 N–H and O–H groups in total. The number of phosphoric acid groups is 1. The van der Waals surface area contributed by atoms with E-state index in [1.54, 1.807) is 13.8 Å². The molecule has 1 saturated heterocycles. The summed E-state index contributed by atoms with van der Waals surface area (Å²) in [5, 5.41) is 21.1. The summed E-state index contributed by atoms with van der Waals surface area (Å²) in [4.78, 5) is 43.6. The lowest BCUT2D eigenvalue weighted by Gasteiger charge is -2.42. The molecule has 26 heavy (non-hydrogen) atoms. The molecular weight excluding hydrogens is 371 g/mol. The molecule has 1 aliphatic heterocycles. The van der Waals surface area contributed by atoms with Crippen LogP contribution in [0.15, 0.2) is 21.9 Å². The van der Waals surface area contributed by atoms with Crippen LogP contribution in [0.4, 0.5) is 0 Å². The molecule has 148 valence electrons. The van der Waals surface area contributed by atoms with Gasteiger partial charge in [0.05, 0.1) is 12.2 Å². The van der Waals surface area contributed by atoms with Gasteiger partial charge in [-0.1, -0.05) is 13.8 Å². The molecule has 1 aromatic heterocycles. The average molecular weight is 394 g/mol. The molecule has 1 aliphatic rings. The van der Waals surface area contributed by atoms with Crippen LogP contribution in [0.2, 0.25) is 0 Å². The number of rotatable bonds is 3. The molecule has 2 heterocycles. The summed E-state index contributed by atoms with van der Waals surface area (Å²) in [6.45, 7) is 4.57. The van der Waals surface area contributed by atoms with Crippen molar-refractivity contribution in [1.82, 2.24) is 9.55 Å². The predicted octanol–water partition coefficient (Wildman–Crippen LogP) is -1.07. The first-order chi connectivity index (χ1) is 11.9. The first kappa shape index (κ1) is 21.0. The zero-order valence-electron chi connectivity index (χ0n) is 14.4. The molecule has 0 aliphatic carbocycles. The summed E-state index contributed by atoms with van der Waals surface area (Å²) in [5.74, 6) is -1.65. The van der Waals surface area contributed by atoms with Crippen LogP contribution in [0.25, 0.3) is 0 Å². The van der Waals surface area contributed by atoms with Crippen molar-refractivity contribution in [1.29, 1.82) is 0 Å². The molecule has 2 unspecified atom stereocenters. The highest BCUT2D eigenvalue weighted by Gasteiger charge is 2.45. The highest BCUT2D eigenvalue weighted by molar-refractivity contribution is 7.46. The third kappa shape index (κ3) is 4.49. The fourth-order valence-electron chi connectivity index (χ4n) is 2.94. The highest BCUT2D eigenvalue weighted by Crippen LogP contribution is 2.43. The van der Waals surface area contributed by atoms with E-state index in [-0.39, 0.29) is 0 Å². The van der Waals surface area contributed by atoms with Gasteiger partial charge in [-0.2, -0.15) is 0 Å². The van der Waals surface area contributed by atoms with Crippen molar-refractivity contribution in [2.45, 2.75) is 51.4 Å². The molecule has 2 rings (SSSR count). The molecule has 0 aromatic carbocycles. The van der Waals surface area contributed by atoms with Gasteiger partial charge in [0.1, 0.15) is 12.2 Å². The summed E-state index contributed by atoms with van der Waals surface area (Å²) < 4.78 is 22.7. The highest BCUT2D eigenvalue weighted by atomic mass is 31.2. The van der Waals surface area contributed by atoms with Crippen LogP contribution in [-0.4, -0.2) is 54.0 Å². The minimum atomic E-state index is -4.95. The van der Waals surface area contributed by atoms with E-state index in [9.17, 15) is 24.4 Å². The average Bonchev–Trinajstić information content (AvgIpc) is 2.54. The summed E-state index contributed by atoms with van der Waals surface area (Å²) in [6.07, 6.45) is -5.04. The Hall–Kier alpha value is -1.33. The third-order valence-electron chi connectivity index (χ3n) is 4.70. The molecule has 0 spiro atoms. The van der Waals surface area contributed by atoms with E-state index in [0.29, 0.717) is 0 Å². The largest absolute Gasteiger partial charge is 0.469 e. The predicted molar refractivity (Wildman–Crippen MR) is 88.2 cm³/mol. The van der Waals surface area contributed by atoms with Gasteiger partial charge in [0, 0.05) is 24.1 Å². The molecule has 12 heteroatoms. The molecule has 7 atom stereocenters. The fraction of sp³-hybridized carbons (Fsp3) is 0.714. The normalized spacial score (nSPS) is 36.3. The summed E-state index contributed by atoms with van der Waals surface area (Å²) in [6, 6.07) is 1.08. The Morgan fingerprint density at radius 3 is 2.31 bits per heavy atom. The Balaban J connectivity index is 2.48. The summed E-state index contributed by atoms with van der Waals surface area (Å²) in [7, 11) is -4.95. The zero-order chi connectivity index (χ0) is 19.8. The molecule has 0 amide bonds. The van der Waals surface area contributed by atoms with Crippen molar-refractivity contribution in [3.05, 3.63) is 33.1 Å². The van der Waals surface area contributed by atoms with Gasteiger partial charge in [0.15, 0.2) is 6.23 Å². The van der Waals surface area contributed by atoms with Gasteiger partial charge in [-0.05, 0) is 6.92 Å². The molecule has 0 bridgehead atoms. The standard InChI is InChI=1S/C14H23N2O9P/c1-6-8(3)24-13(16-5-4-9(17)15-14(16)20)11(19)7(2)12(10(6)18)25-26(21,22)23/h4-8,10-13,18-19H,1-3H3,(H,15,17,20)(H2,21,22,23)/t6?,7?,8-,10-,11-,12-,13-/m1/s1. The van der Waals surface area contributed by atoms with Crippen molar-refractivity contribution < 1.29 is 33.8 Å². The van der Waals surface area contributed by atoms with Crippen molar-refractivity contribution in [3.8, 4) is 0 Å². The van der Waals surface area contributed by atoms with Crippen molar-refractivity contribution >= 4 is 7.82 Å². The van der Waals surface area contributed by atoms with Gasteiger partial charge < -0.3 is 24.7 Å². The summed E-state index contributed by atoms with van der Waals surface area (Å²) >= 11 is 0. The van der Waals surface area contributed by atoms with Crippen LogP contribution in [0.1, 0.15) is 27.0 Å². The minimum absolute atomic E-state index is 0.626. The Labute approximate surface area is 148 Å². The van der Waals surface area contributed by atoms with E-state index in [4.69, 9.17) is 19.0 Å². The van der Waals surface area contributed by atoms with Gasteiger partial charge in [-0.3, -0.25) is 18.9 Å². The Bertz CT molecular complexity index is 787. The van der Waals surface area contributed by atoms with Crippen LogP contribution >= 0.6 is 7.82 Å². The van der Waals surface area contributed by atoms with Crippen molar-refractivity contribution in [3.63, 3.8) is 0 Å². The Morgan fingerprint density at radius 2 is 1.77 bits per heavy atom. The van der Waals surface area contributed by atoms with Gasteiger partial charge >= 0.3 is 13.5 Å². The monoisotopic (exact) mass is 394 g/mol. The van der Waals surface area contributed by atoms with Crippen LogP contribution < -0.4 is 11.2 Å². The topological polar surface area (TPSA) is 171 Å². The second-order valence-corrected chi connectivity index (χ2v) is 7.70. The van der Waals surface area contributed by atoms with E-state index < -0.39 is 61.6 Å². The zero-order valence-corrected chi connectivity index (χ0v) is 15.3. The van der Waals surface area contributed by atoms with Gasteiger partial charge in [0.25, 0.3) is 5.56 Å². The van der Waals surface area contributed by atoms with Gasteiger partial charge in [0.2, 0.25) is 0 Å². The number of nitrogens with zero attached hydrogens (tertiary/aromatic N) is 1. The maximum atomic E-state index is 12.1. The number of hydrogen-bond donors (Lipinski definition) is 5. The van der Waals surface area contributed by atoms with E-state index in [0.717, 1.165) is 16.8 Å². The molecule has 11 nitrogen and oxygen atoms in total. The van der Waals surface area contributed by atoms with Gasteiger partial charge in [-0.15, -0.1) is 0 Å². The lowest BCUT2D eigenvalue weighted by molar-refractivity contribution is -0.199. The number of H-pyrrole nitrogens is 1. The Morgan fingerprint density at radius 1 is 1.15 bits per heavy atom. The van der Waals surface area contributed by atoms with Crippen molar-refractivity contribution in [2.24, 2.45) is 11.8 Å². The number of aromatic nitrogens is 2. The van der Waals surface area contributed by atoms with Crippen LogP contribution in [0.5, 0.6) is 0 Å². The van der Waals surface area contributed by atoms with E-state index in [1.165, 1.54) is 6.92 Å². The van der Waals surface area contributed by atoms with Crippen molar-refractivity contribution in [2.75, 3.05) is 0 Å². The first-order valence-corrected chi connectivity index (χ1v) is 9.52. The SMILES string of the molecule is CC1[C@@H](O)[C@H](n2ccc(=O)[nH]c2=O)O[C@H](C)C(C)[C@@H](O)[C@@H]1OP(=O)(O)O. The van der Waals surface area contributed by atoms with Gasteiger partial charge in [-0.25, -0.2) is 9.36 Å². The smallest absolute Gasteiger partial charge is 0.390 e. The number of ether oxygens (including phenoxy) is 1. The minimum Gasteiger partial charge on any atom is -0.390 e. The molecule has 0 saturated carbocycles. The van der Waals surface area contributed by atoms with E-state index in [2.05, 4.69) is 0 Å². The summed E-state index contributed by atoms with van der Waals surface area (Å²) in [5.41, 5.74) is -1.44. The van der Waals surface area contributed by atoms with Crippen LogP contribution in [0, 0.1) is 11.8 Å². The Kier molecular flexibility index (Phi) is 6.24. The lowest BCUT2D eigenvalue weighted by Crippen LogP contribution is -2.53. The molecule has 1 aromatic rings. The van der Waals surface area contributed by atoms with Crippen LogP contribution in [-0.2, 0) is 13.8 Å². The van der Waals surface area contributed by atoms with E-state index in [1.807, 2.05) is 4.98 Å². The number of aromatic amines is 1. The maximum Gasteiger partial charge on any atom is 0.469 e. The molecular formula is C14H23N2O9P. The number of nitrogens with one attached hydrogen (secondary N) is 1. The quantitative estimate of drug-likeness (QED) is 0.400. The second-order valence-electron chi connectivity index (χ2n) is 6.51. The third-order valence-corrected chi connectivity index (χ3v) is 5.22. The first-order valence-electron chi connectivity index (χ1n) is 7.99. The van der Waals surface area contributed by atoms with E-state index >= 15 is 0 Å².